The Morgan fingerprint density at radius 1 is 1.17 bits per heavy atom. The van der Waals surface area contributed by atoms with E-state index in [1.165, 1.54) is 12.2 Å². The molecular formula is C18H13ClN2O2. The number of hydrogen-bond donors (Lipinski definition) is 2. The Morgan fingerprint density at radius 2 is 1.96 bits per heavy atom. The van der Waals surface area contributed by atoms with Gasteiger partial charge in [-0.05, 0) is 29.8 Å². The van der Waals surface area contributed by atoms with Crippen molar-refractivity contribution < 1.29 is 5.11 Å². The number of aliphatic hydroxyl groups excluding tert-OH is 1. The Bertz CT molecular complexity index is 960. The zero-order valence-corrected chi connectivity index (χ0v) is 12.8. The molecule has 0 fully saturated rings. The molecule has 2 N–H and O–H groups in total. The number of nitrogens with zero attached hydrogens (tertiary/aromatic N) is 1. The third-order valence-electron chi connectivity index (χ3n) is 3.21. The molecule has 0 spiro atoms. The summed E-state index contributed by atoms with van der Waals surface area (Å²) in [5, 5.41) is 10.5. The summed E-state index contributed by atoms with van der Waals surface area (Å²) in [5.74, 6) is -0.0554. The molecular weight excluding hydrogens is 312 g/mol. The first kappa shape index (κ1) is 15.1. The number of benzene rings is 2. The van der Waals surface area contributed by atoms with Gasteiger partial charge in [-0.1, -0.05) is 48.0 Å². The molecule has 5 heteroatoms. The van der Waals surface area contributed by atoms with Crippen LogP contribution in [0.15, 0.2) is 65.2 Å². The topological polar surface area (TPSA) is 66.0 Å². The predicted octanol–water partition coefficient (Wildman–Crippen LogP) is 4.19. The van der Waals surface area contributed by atoms with Crippen LogP contribution in [0.4, 0.5) is 0 Å². The molecule has 0 aliphatic carbocycles. The van der Waals surface area contributed by atoms with Crippen molar-refractivity contribution >= 4 is 34.8 Å². The lowest BCUT2D eigenvalue weighted by molar-refractivity contribution is 0.438. The van der Waals surface area contributed by atoms with Gasteiger partial charge in [0.2, 0.25) is 0 Å². The molecule has 0 saturated carbocycles. The molecule has 0 aliphatic rings. The Morgan fingerprint density at radius 3 is 2.74 bits per heavy atom. The number of halogens is 1. The fraction of sp³-hybridized carbons (Fsp3) is 0. The number of allylic oxidation sites excluding steroid dienone is 1. The molecule has 0 bridgehead atoms. The SMILES string of the molecule is O=c1[nH]c2cc(Cl)ccc2nc1/C=C(\O)C=Cc1ccccc1. The van der Waals surface area contributed by atoms with Crippen molar-refractivity contribution in [2.24, 2.45) is 0 Å². The number of fused-ring (bicyclic) bond motifs is 1. The van der Waals surface area contributed by atoms with Gasteiger partial charge in [-0.15, -0.1) is 0 Å². The van der Waals surface area contributed by atoms with Gasteiger partial charge in [-0.25, -0.2) is 4.98 Å². The van der Waals surface area contributed by atoms with E-state index in [0.717, 1.165) is 5.56 Å². The highest BCUT2D eigenvalue weighted by Crippen LogP contribution is 2.15. The molecule has 23 heavy (non-hydrogen) atoms. The molecule has 2 aromatic carbocycles. The van der Waals surface area contributed by atoms with Gasteiger partial charge in [-0.2, -0.15) is 0 Å². The summed E-state index contributed by atoms with van der Waals surface area (Å²) in [6, 6.07) is 14.6. The van der Waals surface area contributed by atoms with Crippen LogP contribution in [0.1, 0.15) is 11.3 Å². The molecule has 1 aromatic heterocycles. The fourth-order valence-corrected chi connectivity index (χ4v) is 2.28. The fourth-order valence-electron chi connectivity index (χ4n) is 2.10. The summed E-state index contributed by atoms with van der Waals surface area (Å²) in [6.45, 7) is 0. The van der Waals surface area contributed by atoms with Gasteiger partial charge >= 0.3 is 0 Å². The van der Waals surface area contributed by atoms with Crippen molar-refractivity contribution in [1.82, 2.24) is 9.97 Å². The normalized spacial score (nSPS) is 12.1. The highest BCUT2D eigenvalue weighted by Gasteiger charge is 2.04. The second-order valence-corrected chi connectivity index (χ2v) is 5.36. The number of H-pyrrole nitrogens is 1. The maximum Gasteiger partial charge on any atom is 0.274 e. The van der Waals surface area contributed by atoms with E-state index >= 15 is 0 Å². The van der Waals surface area contributed by atoms with E-state index in [1.807, 2.05) is 30.3 Å². The first-order valence-corrected chi connectivity index (χ1v) is 7.33. The van der Waals surface area contributed by atoms with Gasteiger partial charge in [0.25, 0.3) is 5.56 Å². The minimum atomic E-state index is -0.389. The highest BCUT2D eigenvalue weighted by atomic mass is 35.5. The number of aromatic amines is 1. The molecule has 0 amide bonds. The van der Waals surface area contributed by atoms with E-state index < -0.39 is 0 Å². The first-order chi connectivity index (χ1) is 11.1. The molecule has 4 nitrogen and oxygen atoms in total. The standard InChI is InChI=1S/C18H13ClN2O2/c19-13-7-9-15-16(10-13)21-18(23)17(20-15)11-14(22)8-6-12-4-2-1-3-5-12/h1-11,22H,(H,21,23)/b8-6?,14-11-. The molecule has 0 saturated heterocycles. The van der Waals surface area contributed by atoms with Gasteiger partial charge in [-0.3, -0.25) is 4.79 Å². The molecule has 0 atom stereocenters. The van der Waals surface area contributed by atoms with Crippen LogP contribution >= 0.6 is 11.6 Å². The number of rotatable bonds is 3. The summed E-state index contributed by atoms with van der Waals surface area (Å²) in [7, 11) is 0. The molecule has 3 aromatic rings. The van der Waals surface area contributed by atoms with Crippen LogP contribution in [0, 0.1) is 0 Å². The second-order valence-electron chi connectivity index (χ2n) is 4.93. The lowest BCUT2D eigenvalue weighted by Gasteiger charge is -2.00. The van der Waals surface area contributed by atoms with Crippen molar-refractivity contribution in [3.8, 4) is 0 Å². The second kappa shape index (κ2) is 6.50. The lowest BCUT2D eigenvalue weighted by Crippen LogP contribution is -2.12. The molecule has 0 unspecified atom stereocenters. The van der Waals surface area contributed by atoms with Crippen LogP contribution in [0.3, 0.4) is 0 Å². The number of hydrogen-bond acceptors (Lipinski definition) is 3. The lowest BCUT2D eigenvalue weighted by atomic mass is 10.2. The maximum atomic E-state index is 12.0. The average molecular weight is 325 g/mol. The van der Waals surface area contributed by atoms with Gasteiger partial charge in [0.15, 0.2) is 0 Å². The smallest absolute Gasteiger partial charge is 0.274 e. The summed E-state index contributed by atoms with van der Waals surface area (Å²) < 4.78 is 0. The summed E-state index contributed by atoms with van der Waals surface area (Å²) in [4.78, 5) is 18.9. The van der Waals surface area contributed by atoms with E-state index in [4.69, 9.17) is 11.6 Å². The molecule has 0 radical (unpaired) electrons. The zero-order chi connectivity index (χ0) is 16.2. The summed E-state index contributed by atoms with van der Waals surface area (Å²) in [6.07, 6.45) is 4.59. The third kappa shape index (κ3) is 3.67. The van der Waals surface area contributed by atoms with Gasteiger partial charge < -0.3 is 10.1 Å². The van der Waals surface area contributed by atoms with Crippen molar-refractivity contribution in [1.29, 1.82) is 0 Å². The Kier molecular flexibility index (Phi) is 4.26. The highest BCUT2D eigenvalue weighted by molar-refractivity contribution is 6.31. The van der Waals surface area contributed by atoms with Crippen molar-refractivity contribution in [2.45, 2.75) is 0 Å². The zero-order valence-electron chi connectivity index (χ0n) is 12.0. The van der Waals surface area contributed by atoms with Crippen molar-refractivity contribution in [2.75, 3.05) is 0 Å². The van der Waals surface area contributed by atoms with Gasteiger partial charge in [0.1, 0.15) is 11.5 Å². The monoisotopic (exact) mass is 324 g/mol. The Balaban J connectivity index is 1.93. The third-order valence-corrected chi connectivity index (χ3v) is 3.45. The molecule has 0 aliphatic heterocycles. The maximum absolute atomic E-state index is 12.0. The summed E-state index contributed by atoms with van der Waals surface area (Å²) >= 11 is 5.88. The molecule has 114 valence electrons. The quantitative estimate of drug-likeness (QED) is 0.561. The van der Waals surface area contributed by atoms with Gasteiger partial charge in [0.05, 0.1) is 11.0 Å². The first-order valence-electron chi connectivity index (χ1n) is 6.95. The van der Waals surface area contributed by atoms with E-state index in [-0.39, 0.29) is 17.0 Å². The minimum Gasteiger partial charge on any atom is -0.508 e. The predicted molar refractivity (Wildman–Crippen MR) is 93.5 cm³/mol. The number of aromatic nitrogens is 2. The Hall–Kier alpha value is -2.85. The van der Waals surface area contributed by atoms with Crippen LogP contribution in [-0.2, 0) is 0 Å². The van der Waals surface area contributed by atoms with E-state index in [0.29, 0.717) is 16.1 Å². The molecule has 1 heterocycles. The Labute approximate surface area is 137 Å². The number of aliphatic hydroxyl groups is 1. The van der Waals surface area contributed by atoms with Crippen LogP contribution in [0.25, 0.3) is 23.2 Å². The number of nitrogens with one attached hydrogen (secondary N) is 1. The van der Waals surface area contributed by atoms with Crippen molar-refractivity contribution in [3.63, 3.8) is 0 Å². The van der Waals surface area contributed by atoms with Crippen molar-refractivity contribution in [3.05, 3.63) is 87.0 Å². The van der Waals surface area contributed by atoms with Crippen LogP contribution in [0.2, 0.25) is 5.02 Å². The van der Waals surface area contributed by atoms with Gasteiger partial charge in [0, 0.05) is 11.1 Å². The molecule has 3 rings (SSSR count). The minimum absolute atomic E-state index is 0.0554. The van der Waals surface area contributed by atoms with Crippen LogP contribution in [-0.4, -0.2) is 15.1 Å². The van der Waals surface area contributed by atoms with Crippen LogP contribution in [0.5, 0.6) is 0 Å². The van der Waals surface area contributed by atoms with E-state index in [9.17, 15) is 9.90 Å². The van der Waals surface area contributed by atoms with Crippen LogP contribution < -0.4 is 5.56 Å². The van der Waals surface area contributed by atoms with E-state index in [2.05, 4.69) is 9.97 Å². The largest absolute Gasteiger partial charge is 0.508 e. The average Bonchev–Trinajstić information content (AvgIpc) is 2.55. The summed E-state index contributed by atoms with van der Waals surface area (Å²) in [5.41, 5.74) is 1.84. The van der Waals surface area contributed by atoms with E-state index in [1.54, 1.807) is 24.3 Å².